The molecule has 5 heteroatoms. The van der Waals surface area contributed by atoms with Crippen LogP contribution < -0.4 is 0 Å². The van der Waals surface area contributed by atoms with Crippen molar-refractivity contribution in [1.82, 2.24) is 0 Å². The van der Waals surface area contributed by atoms with E-state index >= 15 is 0 Å². The van der Waals surface area contributed by atoms with Crippen LogP contribution in [0.1, 0.15) is 156 Å². The molecule has 0 spiro atoms. The normalized spacial score (nSPS) is 12.5. The highest BCUT2D eigenvalue weighted by atomic mass is 32.3. The van der Waals surface area contributed by atoms with Crippen molar-refractivity contribution < 1.29 is 17.2 Å². The molecule has 1 N–H and O–H groups in total. The lowest BCUT2D eigenvalue weighted by Crippen LogP contribution is -2.35. The van der Waals surface area contributed by atoms with Crippen molar-refractivity contribution in [2.24, 2.45) is 0 Å². The molecule has 0 aliphatic carbocycles. The van der Waals surface area contributed by atoms with Crippen LogP contribution in [-0.2, 0) is 14.6 Å². The first-order chi connectivity index (χ1) is 14.4. The zero-order valence-electron chi connectivity index (χ0n) is 20.4. The van der Waals surface area contributed by atoms with Crippen LogP contribution in [0.2, 0.25) is 0 Å². The van der Waals surface area contributed by atoms with Crippen molar-refractivity contribution >= 4 is 10.4 Å². The number of hydrogen-bond donors (Lipinski definition) is 1. The number of rotatable bonds is 23. The van der Waals surface area contributed by atoms with Crippen molar-refractivity contribution in [2.75, 3.05) is 0 Å². The maximum absolute atomic E-state index is 11.7. The summed E-state index contributed by atoms with van der Waals surface area (Å²) in [5, 5.41) is 0. The van der Waals surface area contributed by atoms with Crippen molar-refractivity contribution in [3.8, 4) is 0 Å². The van der Waals surface area contributed by atoms with Gasteiger partial charge in [0.2, 0.25) is 0 Å². The average Bonchev–Trinajstić information content (AvgIpc) is 2.69. The summed E-state index contributed by atoms with van der Waals surface area (Å²) in [5.74, 6) is 0. The van der Waals surface area contributed by atoms with Gasteiger partial charge in [0.05, 0.1) is 5.60 Å². The summed E-state index contributed by atoms with van der Waals surface area (Å²) in [6.45, 7) is 6.64. The van der Waals surface area contributed by atoms with E-state index in [2.05, 4.69) is 20.8 Å². The lowest BCUT2D eigenvalue weighted by molar-refractivity contribution is 0.0287. The lowest BCUT2D eigenvalue weighted by atomic mass is 9.85. The number of unbranched alkanes of at least 4 members (excludes halogenated alkanes) is 15. The van der Waals surface area contributed by atoms with E-state index in [1.165, 1.54) is 77.0 Å². The lowest BCUT2D eigenvalue weighted by Gasteiger charge is -2.32. The van der Waals surface area contributed by atoms with Crippen LogP contribution in [0.15, 0.2) is 0 Å². The van der Waals surface area contributed by atoms with Crippen LogP contribution in [-0.4, -0.2) is 18.6 Å². The van der Waals surface area contributed by atoms with Gasteiger partial charge >= 0.3 is 10.4 Å². The van der Waals surface area contributed by atoms with Crippen LogP contribution in [0.5, 0.6) is 0 Å². The molecule has 0 radical (unpaired) electrons. The summed E-state index contributed by atoms with van der Waals surface area (Å²) in [7, 11) is -4.44. The first-order valence-corrected chi connectivity index (χ1v) is 14.4. The molecule has 0 aromatic rings. The monoisotopic (exact) mass is 448 g/mol. The molecule has 0 fully saturated rings. The molecule has 30 heavy (non-hydrogen) atoms. The third kappa shape index (κ3) is 18.6. The fraction of sp³-hybridized carbons (Fsp3) is 1.00. The molecule has 0 saturated heterocycles. The van der Waals surface area contributed by atoms with Gasteiger partial charge in [0.1, 0.15) is 0 Å². The highest BCUT2D eigenvalue weighted by Crippen LogP contribution is 2.34. The third-order valence-corrected chi connectivity index (χ3v) is 6.80. The average molecular weight is 449 g/mol. The van der Waals surface area contributed by atoms with E-state index in [1.807, 2.05) is 0 Å². The molecule has 0 amide bonds. The van der Waals surface area contributed by atoms with Gasteiger partial charge in [-0.1, -0.05) is 136 Å². The van der Waals surface area contributed by atoms with E-state index in [0.717, 1.165) is 57.8 Å². The molecule has 0 unspecified atom stereocenters. The molecule has 0 heterocycles. The Morgan fingerprint density at radius 3 is 1.07 bits per heavy atom. The summed E-state index contributed by atoms with van der Waals surface area (Å²) in [6.07, 6.45) is 23.3. The van der Waals surface area contributed by atoms with Gasteiger partial charge in [0.15, 0.2) is 0 Å². The largest absolute Gasteiger partial charge is 0.397 e. The van der Waals surface area contributed by atoms with E-state index in [-0.39, 0.29) is 0 Å². The smallest absolute Gasteiger partial charge is 0.264 e. The molecule has 0 aromatic carbocycles. The van der Waals surface area contributed by atoms with E-state index in [9.17, 15) is 13.0 Å². The maximum atomic E-state index is 11.7. The standard InChI is InChI=1S/C25H52O4S/c1-4-7-10-13-16-19-22-25(29-30(26,27)28,23-20-17-14-11-8-5-2)24-21-18-15-12-9-6-3/h4-24H2,1-3H3,(H,26,27,28). The summed E-state index contributed by atoms with van der Waals surface area (Å²) >= 11 is 0. The first kappa shape index (κ1) is 29.9. The Hall–Kier alpha value is -0.130. The van der Waals surface area contributed by atoms with E-state index < -0.39 is 16.0 Å². The number of hydrogen-bond acceptors (Lipinski definition) is 3. The first-order valence-electron chi connectivity index (χ1n) is 13.1. The minimum absolute atomic E-state index is 0.714. The Bertz CT molecular complexity index is 421. The molecule has 0 saturated carbocycles. The van der Waals surface area contributed by atoms with E-state index in [4.69, 9.17) is 4.18 Å². The van der Waals surface area contributed by atoms with Gasteiger partial charge in [-0.2, -0.15) is 8.42 Å². The van der Waals surface area contributed by atoms with Crippen molar-refractivity contribution in [3.63, 3.8) is 0 Å². The van der Waals surface area contributed by atoms with Crippen molar-refractivity contribution in [3.05, 3.63) is 0 Å². The van der Waals surface area contributed by atoms with Crippen molar-refractivity contribution in [1.29, 1.82) is 0 Å². The molecule has 0 aliphatic heterocycles. The fourth-order valence-corrected chi connectivity index (χ4v) is 5.10. The Labute approximate surface area is 188 Å². The second-order valence-electron chi connectivity index (χ2n) is 9.25. The Kier molecular flexibility index (Phi) is 19.5. The summed E-state index contributed by atoms with van der Waals surface area (Å²) in [4.78, 5) is 0. The quantitative estimate of drug-likeness (QED) is 0.125. The Morgan fingerprint density at radius 2 is 0.800 bits per heavy atom. The van der Waals surface area contributed by atoms with Gasteiger partial charge in [-0.3, -0.25) is 4.55 Å². The SMILES string of the molecule is CCCCCCCCC(CCCCCCCC)(CCCCCCCC)OS(=O)(=O)O. The van der Waals surface area contributed by atoms with Crippen LogP contribution in [0, 0.1) is 0 Å². The zero-order chi connectivity index (χ0) is 22.6. The van der Waals surface area contributed by atoms with Crippen molar-refractivity contribution in [2.45, 2.75) is 161 Å². The van der Waals surface area contributed by atoms with Crippen LogP contribution in [0.4, 0.5) is 0 Å². The van der Waals surface area contributed by atoms with Gasteiger partial charge in [0, 0.05) is 0 Å². The van der Waals surface area contributed by atoms with E-state index in [1.54, 1.807) is 0 Å². The fourth-order valence-electron chi connectivity index (χ4n) is 4.41. The molecule has 0 aromatic heterocycles. The third-order valence-electron chi connectivity index (χ3n) is 6.24. The maximum Gasteiger partial charge on any atom is 0.397 e. The topological polar surface area (TPSA) is 63.6 Å². The highest BCUT2D eigenvalue weighted by Gasteiger charge is 2.34. The molecule has 0 rings (SSSR count). The van der Waals surface area contributed by atoms with Gasteiger partial charge in [-0.25, -0.2) is 4.18 Å². The van der Waals surface area contributed by atoms with Crippen LogP contribution in [0.3, 0.4) is 0 Å². The minimum Gasteiger partial charge on any atom is -0.264 e. The van der Waals surface area contributed by atoms with Crippen LogP contribution >= 0.6 is 0 Å². The van der Waals surface area contributed by atoms with Gasteiger partial charge in [-0.05, 0) is 19.3 Å². The summed E-state index contributed by atoms with van der Waals surface area (Å²) < 4.78 is 38.4. The summed E-state index contributed by atoms with van der Waals surface area (Å²) in [6, 6.07) is 0. The van der Waals surface area contributed by atoms with E-state index in [0.29, 0.717) is 0 Å². The minimum atomic E-state index is -4.44. The predicted molar refractivity (Wildman–Crippen MR) is 129 cm³/mol. The Morgan fingerprint density at radius 1 is 0.533 bits per heavy atom. The molecule has 182 valence electrons. The Balaban J connectivity index is 4.79. The molecule has 0 aliphatic rings. The zero-order valence-corrected chi connectivity index (χ0v) is 21.2. The second-order valence-corrected chi connectivity index (χ2v) is 10.3. The van der Waals surface area contributed by atoms with Gasteiger partial charge in [0.25, 0.3) is 0 Å². The molecular weight excluding hydrogens is 396 g/mol. The molecule has 4 nitrogen and oxygen atoms in total. The molecular formula is C25H52O4S. The van der Waals surface area contributed by atoms with Gasteiger partial charge < -0.3 is 0 Å². The molecule has 0 atom stereocenters. The predicted octanol–water partition coefficient (Wildman–Crippen LogP) is 8.80. The highest BCUT2D eigenvalue weighted by molar-refractivity contribution is 7.80. The second kappa shape index (κ2) is 19.5. The summed E-state index contributed by atoms with van der Waals surface area (Å²) in [5.41, 5.74) is -0.714. The molecule has 0 bridgehead atoms. The van der Waals surface area contributed by atoms with Crippen LogP contribution in [0.25, 0.3) is 0 Å². The van der Waals surface area contributed by atoms with Gasteiger partial charge in [-0.15, -0.1) is 0 Å².